The molecule has 6 rings (SSSR count). The van der Waals surface area contributed by atoms with Crippen molar-refractivity contribution in [2.24, 2.45) is 0 Å². The molecule has 0 amide bonds. The van der Waals surface area contributed by atoms with Crippen molar-refractivity contribution in [1.29, 1.82) is 0 Å². The summed E-state index contributed by atoms with van der Waals surface area (Å²) in [5.41, 5.74) is 11.5. The Labute approximate surface area is 283 Å². The largest absolute Gasteiger partial charge is 0.334 e. The number of aryl methyl sites for hydroxylation is 1. The average molecular weight is 619 g/mol. The van der Waals surface area contributed by atoms with Gasteiger partial charge in [0.25, 0.3) is 0 Å². The van der Waals surface area contributed by atoms with E-state index in [0.717, 1.165) is 18.5 Å². The summed E-state index contributed by atoms with van der Waals surface area (Å²) in [5, 5.41) is 0. The van der Waals surface area contributed by atoms with Gasteiger partial charge in [0.2, 0.25) is 0 Å². The Hall–Kier alpha value is -4.56. The molecule has 1 fully saturated rings. The molecule has 2 unspecified atom stereocenters. The molecule has 0 N–H and O–H groups in total. The molecular formula is C45H50N2. The lowest BCUT2D eigenvalue weighted by Gasteiger charge is -2.40. The Balaban J connectivity index is 1.34. The van der Waals surface area contributed by atoms with Gasteiger partial charge in [-0.25, -0.2) is 0 Å². The second-order valence-corrected chi connectivity index (χ2v) is 13.6. The Kier molecular flexibility index (Phi) is 9.97. The van der Waals surface area contributed by atoms with Crippen LogP contribution in [0.5, 0.6) is 0 Å². The summed E-state index contributed by atoms with van der Waals surface area (Å²) in [6.45, 7) is 14.6. The Morgan fingerprint density at radius 2 is 1.17 bits per heavy atom. The fourth-order valence-electron chi connectivity index (χ4n) is 7.73. The van der Waals surface area contributed by atoms with Crippen LogP contribution < -0.4 is 9.80 Å². The van der Waals surface area contributed by atoms with Gasteiger partial charge in [0.05, 0.1) is 12.1 Å². The summed E-state index contributed by atoms with van der Waals surface area (Å²) < 4.78 is 0. The Morgan fingerprint density at radius 3 is 1.66 bits per heavy atom. The van der Waals surface area contributed by atoms with Gasteiger partial charge in [0.15, 0.2) is 0 Å². The highest BCUT2D eigenvalue weighted by molar-refractivity contribution is 5.67. The summed E-state index contributed by atoms with van der Waals surface area (Å²) in [7, 11) is 0. The molecule has 3 aliphatic rings. The third-order valence-electron chi connectivity index (χ3n) is 10.4. The molecule has 240 valence electrons. The van der Waals surface area contributed by atoms with Crippen molar-refractivity contribution in [3.8, 4) is 0 Å². The van der Waals surface area contributed by atoms with E-state index in [9.17, 15) is 0 Å². The van der Waals surface area contributed by atoms with E-state index in [0.29, 0.717) is 6.04 Å². The summed E-state index contributed by atoms with van der Waals surface area (Å²) in [6.07, 6.45) is 27.9. The summed E-state index contributed by atoms with van der Waals surface area (Å²) in [5.74, 6) is 0. The smallest absolute Gasteiger partial charge is 0.0560 e. The molecule has 47 heavy (non-hydrogen) atoms. The number of hydrogen-bond donors (Lipinski definition) is 0. The van der Waals surface area contributed by atoms with E-state index in [-0.39, 0.29) is 11.5 Å². The minimum absolute atomic E-state index is 0.0161. The van der Waals surface area contributed by atoms with Crippen LogP contribution >= 0.6 is 0 Å². The standard InChI is InChI=1S/C45H50N2/c1-6-11-39(7-2)46(40-22-12-34(3)13-23-40)43-28-18-37(19-29-43)45(32-9-8-10-33-45)38-20-30-44(31-21-38)47(41-24-14-35(4)15-25-41)42-26-16-36(5)17-27-42/h6-7,11-22,24-26,28-31,40,42H,1-2,8-10,23,27,32-33H2,3-5H3/b39-11+. The predicted molar refractivity (Wildman–Crippen MR) is 204 cm³/mol. The van der Waals surface area contributed by atoms with E-state index >= 15 is 0 Å². The molecule has 0 radical (unpaired) electrons. The third-order valence-corrected chi connectivity index (χ3v) is 10.4. The number of nitrogens with zero attached hydrogens (tertiary/aromatic N) is 2. The first-order chi connectivity index (χ1) is 22.9. The van der Waals surface area contributed by atoms with E-state index in [2.05, 4.69) is 159 Å². The first-order valence-electron chi connectivity index (χ1n) is 17.4. The van der Waals surface area contributed by atoms with Crippen LogP contribution in [-0.4, -0.2) is 12.1 Å². The lowest BCUT2D eigenvalue weighted by atomic mass is 9.65. The Morgan fingerprint density at radius 1 is 0.660 bits per heavy atom. The van der Waals surface area contributed by atoms with E-state index in [4.69, 9.17) is 0 Å². The van der Waals surface area contributed by atoms with Crippen LogP contribution in [0.25, 0.3) is 0 Å². The molecule has 0 aliphatic heterocycles. The monoisotopic (exact) mass is 618 g/mol. The van der Waals surface area contributed by atoms with Crippen molar-refractivity contribution in [2.75, 3.05) is 9.80 Å². The van der Waals surface area contributed by atoms with Gasteiger partial charge >= 0.3 is 0 Å². The fraction of sp³-hybridized carbons (Fsp3) is 0.289. The molecule has 3 aliphatic carbocycles. The second-order valence-electron chi connectivity index (χ2n) is 13.6. The van der Waals surface area contributed by atoms with Crippen molar-refractivity contribution >= 4 is 17.1 Å². The zero-order valence-electron chi connectivity index (χ0n) is 28.5. The van der Waals surface area contributed by atoms with Gasteiger partial charge in [-0.1, -0.05) is 128 Å². The molecule has 0 saturated heterocycles. The highest BCUT2D eigenvalue weighted by atomic mass is 15.2. The predicted octanol–water partition coefficient (Wildman–Crippen LogP) is 12.0. The lowest BCUT2D eigenvalue weighted by molar-refractivity contribution is 0.346. The molecule has 3 aromatic carbocycles. The summed E-state index contributed by atoms with van der Waals surface area (Å²) >= 11 is 0. The third kappa shape index (κ3) is 6.93. The van der Waals surface area contributed by atoms with Gasteiger partial charge in [-0.2, -0.15) is 0 Å². The normalized spacial score (nSPS) is 20.6. The molecule has 0 heterocycles. The number of rotatable bonds is 10. The maximum Gasteiger partial charge on any atom is 0.0560 e. The molecule has 0 spiro atoms. The van der Waals surface area contributed by atoms with Crippen molar-refractivity contribution in [3.05, 3.63) is 174 Å². The van der Waals surface area contributed by atoms with Gasteiger partial charge < -0.3 is 9.80 Å². The molecule has 2 nitrogen and oxygen atoms in total. The fourth-order valence-corrected chi connectivity index (χ4v) is 7.73. The van der Waals surface area contributed by atoms with E-state index in [1.54, 1.807) is 0 Å². The summed E-state index contributed by atoms with van der Waals surface area (Å²) in [4.78, 5) is 4.90. The van der Waals surface area contributed by atoms with Crippen LogP contribution in [-0.2, 0) is 5.41 Å². The van der Waals surface area contributed by atoms with Crippen LogP contribution in [0.1, 0.15) is 75.5 Å². The van der Waals surface area contributed by atoms with E-state index in [1.807, 2.05) is 12.2 Å². The maximum absolute atomic E-state index is 4.15. The number of hydrogen-bond acceptors (Lipinski definition) is 2. The van der Waals surface area contributed by atoms with Crippen LogP contribution in [0.3, 0.4) is 0 Å². The average Bonchev–Trinajstić information content (AvgIpc) is 3.11. The van der Waals surface area contributed by atoms with Gasteiger partial charge in [0, 0.05) is 28.2 Å². The van der Waals surface area contributed by atoms with Gasteiger partial charge in [0.1, 0.15) is 0 Å². The Bertz CT molecular complexity index is 1700. The molecule has 2 atom stereocenters. The molecule has 3 aromatic rings. The molecule has 1 saturated carbocycles. The number of allylic oxidation sites excluding steroid dienone is 7. The van der Waals surface area contributed by atoms with E-state index in [1.165, 1.54) is 77.0 Å². The van der Waals surface area contributed by atoms with Gasteiger partial charge in [-0.3, -0.25) is 0 Å². The maximum atomic E-state index is 4.15. The molecule has 0 bridgehead atoms. The molecule has 2 heteroatoms. The topological polar surface area (TPSA) is 6.48 Å². The number of anilines is 3. The van der Waals surface area contributed by atoms with E-state index < -0.39 is 0 Å². The zero-order valence-corrected chi connectivity index (χ0v) is 28.5. The molecule has 0 aromatic heterocycles. The highest BCUT2D eigenvalue weighted by Crippen LogP contribution is 2.46. The highest BCUT2D eigenvalue weighted by Gasteiger charge is 2.36. The van der Waals surface area contributed by atoms with Gasteiger partial charge in [-0.15, -0.1) is 0 Å². The number of benzene rings is 3. The van der Waals surface area contributed by atoms with Crippen LogP contribution in [0.15, 0.2) is 157 Å². The first-order valence-corrected chi connectivity index (χ1v) is 17.4. The summed E-state index contributed by atoms with van der Waals surface area (Å²) in [6, 6.07) is 28.5. The van der Waals surface area contributed by atoms with Crippen LogP contribution in [0, 0.1) is 6.92 Å². The van der Waals surface area contributed by atoms with Gasteiger partial charge in [-0.05, 0) is 106 Å². The van der Waals surface area contributed by atoms with Crippen molar-refractivity contribution < 1.29 is 0 Å². The second kappa shape index (κ2) is 14.5. The van der Waals surface area contributed by atoms with Crippen LogP contribution in [0.4, 0.5) is 17.1 Å². The van der Waals surface area contributed by atoms with Crippen molar-refractivity contribution in [1.82, 2.24) is 0 Å². The molecular weight excluding hydrogens is 569 g/mol. The first kappa shape index (κ1) is 32.4. The quantitative estimate of drug-likeness (QED) is 0.209. The lowest BCUT2D eigenvalue weighted by Crippen LogP contribution is -2.34. The SMILES string of the molecule is C=C/C=C(\C=C)N(c1ccc(C2(c3ccc(N(c4ccc(C)cc4)C4C=CC(C)=CC4)cc3)CCCCC2)cc1)C1C=CC(C)=CC1. The minimum atomic E-state index is 0.0161. The van der Waals surface area contributed by atoms with Crippen molar-refractivity contribution in [3.63, 3.8) is 0 Å². The minimum Gasteiger partial charge on any atom is -0.334 e. The van der Waals surface area contributed by atoms with Crippen molar-refractivity contribution in [2.45, 2.75) is 83.2 Å². The zero-order chi connectivity index (χ0) is 32.8. The van der Waals surface area contributed by atoms with Crippen LogP contribution in [0.2, 0.25) is 0 Å².